The molecular formula is C5H10BNO3. The molecule has 4 N–H and O–H groups in total. The zero-order valence-electron chi connectivity index (χ0n) is 5.47. The molecule has 2 radical (unpaired) electrons. The van der Waals surface area contributed by atoms with Gasteiger partial charge in [-0.05, 0) is 0 Å². The third-order valence-corrected chi connectivity index (χ3v) is 1.63. The number of rotatable bonds is 1. The molecule has 0 bridgehead atoms. The van der Waals surface area contributed by atoms with Gasteiger partial charge in [0.1, 0.15) is 14.0 Å². The first-order valence-corrected chi connectivity index (χ1v) is 3.14. The minimum absolute atomic E-state index is 0.173. The van der Waals surface area contributed by atoms with E-state index in [2.05, 4.69) is 0 Å². The van der Waals surface area contributed by atoms with Gasteiger partial charge in [0, 0.05) is 12.5 Å². The second-order valence-electron chi connectivity index (χ2n) is 2.36. The summed E-state index contributed by atoms with van der Waals surface area (Å²) in [5, 5.41) is 18.1. The van der Waals surface area contributed by atoms with E-state index in [-0.39, 0.29) is 6.54 Å². The highest BCUT2D eigenvalue weighted by molar-refractivity contribution is 6.11. The highest BCUT2D eigenvalue weighted by atomic mass is 16.5. The van der Waals surface area contributed by atoms with E-state index in [1.807, 2.05) is 0 Å². The fourth-order valence-corrected chi connectivity index (χ4v) is 0.972. The first-order chi connectivity index (χ1) is 4.66. The summed E-state index contributed by atoms with van der Waals surface area (Å²) in [5.74, 6) is 0. The fourth-order valence-electron chi connectivity index (χ4n) is 0.972. The summed E-state index contributed by atoms with van der Waals surface area (Å²) in [6, 6.07) is -0.802. The molecule has 10 heavy (non-hydrogen) atoms. The normalized spacial score (nSPS) is 47.9. The summed E-state index contributed by atoms with van der Waals surface area (Å²) in [6.07, 6.45) is -2.47. The van der Waals surface area contributed by atoms with E-state index < -0.39 is 24.3 Å². The minimum Gasteiger partial charge on any atom is -0.388 e. The van der Waals surface area contributed by atoms with Crippen LogP contribution in [0.1, 0.15) is 0 Å². The predicted molar refractivity (Wildman–Crippen MR) is 35.5 cm³/mol. The number of nitrogens with two attached hydrogens (primary N) is 1. The number of ether oxygens (including phenoxy) is 1. The Morgan fingerprint density at radius 1 is 1.40 bits per heavy atom. The number of aliphatic hydroxyl groups excluding tert-OH is 2. The quantitative estimate of drug-likeness (QED) is 0.356. The van der Waals surface area contributed by atoms with E-state index in [0.29, 0.717) is 0 Å². The molecule has 1 aliphatic rings. The van der Waals surface area contributed by atoms with Crippen molar-refractivity contribution < 1.29 is 14.9 Å². The lowest BCUT2D eigenvalue weighted by Gasteiger charge is -2.11. The van der Waals surface area contributed by atoms with Gasteiger partial charge in [-0.3, -0.25) is 0 Å². The summed E-state index contributed by atoms with van der Waals surface area (Å²) < 4.78 is 4.89. The van der Waals surface area contributed by atoms with Crippen molar-refractivity contribution in [2.75, 3.05) is 6.54 Å². The second kappa shape index (κ2) is 2.88. The summed E-state index contributed by atoms with van der Waals surface area (Å²) in [7, 11) is 5.25. The minimum atomic E-state index is -1.01. The Morgan fingerprint density at radius 3 is 2.20 bits per heavy atom. The van der Waals surface area contributed by atoms with Gasteiger partial charge in [-0.25, -0.2) is 0 Å². The van der Waals surface area contributed by atoms with Crippen molar-refractivity contribution in [2.24, 2.45) is 5.73 Å². The molecule has 1 fully saturated rings. The van der Waals surface area contributed by atoms with Gasteiger partial charge in [-0.15, -0.1) is 0 Å². The first kappa shape index (κ1) is 8.01. The van der Waals surface area contributed by atoms with Gasteiger partial charge in [0.25, 0.3) is 0 Å². The molecule has 5 heteroatoms. The van der Waals surface area contributed by atoms with Gasteiger partial charge in [0.15, 0.2) is 0 Å². The molecule has 0 aromatic rings. The maximum atomic E-state index is 9.09. The Hall–Kier alpha value is -0.0951. The Kier molecular flexibility index (Phi) is 2.30. The van der Waals surface area contributed by atoms with Crippen molar-refractivity contribution in [3.8, 4) is 0 Å². The van der Waals surface area contributed by atoms with Crippen molar-refractivity contribution >= 4 is 7.85 Å². The van der Waals surface area contributed by atoms with Gasteiger partial charge in [0.05, 0.1) is 12.2 Å². The summed E-state index contributed by atoms with van der Waals surface area (Å²) in [4.78, 5) is 0. The molecular weight excluding hydrogens is 133 g/mol. The average Bonchev–Trinajstić information content (AvgIpc) is 2.17. The van der Waals surface area contributed by atoms with E-state index in [0.717, 1.165) is 0 Å². The number of hydrogen-bond acceptors (Lipinski definition) is 4. The lowest BCUT2D eigenvalue weighted by molar-refractivity contribution is 0.0273. The molecule has 1 rings (SSSR count). The van der Waals surface area contributed by atoms with E-state index in [9.17, 15) is 0 Å². The third kappa shape index (κ3) is 1.18. The van der Waals surface area contributed by atoms with Crippen molar-refractivity contribution in [3.63, 3.8) is 0 Å². The van der Waals surface area contributed by atoms with E-state index >= 15 is 0 Å². The smallest absolute Gasteiger partial charge is 0.112 e. The van der Waals surface area contributed by atoms with Crippen LogP contribution in [0.2, 0.25) is 0 Å². The van der Waals surface area contributed by atoms with Crippen LogP contribution in [0.25, 0.3) is 0 Å². The Morgan fingerprint density at radius 2 is 2.00 bits per heavy atom. The molecule has 1 aliphatic heterocycles. The zero-order valence-corrected chi connectivity index (χ0v) is 5.47. The van der Waals surface area contributed by atoms with Gasteiger partial charge in [-0.2, -0.15) is 0 Å². The summed E-state index contributed by atoms with van der Waals surface area (Å²) in [6.45, 7) is 0.173. The topological polar surface area (TPSA) is 75.7 Å². The molecule has 0 aromatic heterocycles. The van der Waals surface area contributed by atoms with Crippen molar-refractivity contribution in [2.45, 2.75) is 24.3 Å². The molecule has 0 aliphatic carbocycles. The van der Waals surface area contributed by atoms with Gasteiger partial charge in [0.2, 0.25) is 0 Å². The molecule has 56 valence electrons. The van der Waals surface area contributed by atoms with E-state index in [4.69, 9.17) is 28.5 Å². The molecule has 4 atom stereocenters. The van der Waals surface area contributed by atoms with Crippen LogP contribution in [-0.2, 0) is 4.74 Å². The highest BCUT2D eigenvalue weighted by Crippen LogP contribution is 2.17. The lowest BCUT2D eigenvalue weighted by atomic mass is 9.93. The van der Waals surface area contributed by atoms with Crippen LogP contribution in [0.4, 0.5) is 0 Å². The van der Waals surface area contributed by atoms with Crippen LogP contribution in [0.3, 0.4) is 0 Å². The fraction of sp³-hybridized carbons (Fsp3) is 1.00. The van der Waals surface area contributed by atoms with Crippen molar-refractivity contribution in [1.29, 1.82) is 0 Å². The molecule has 1 heterocycles. The van der Waals surface area contributed by atoms with Crippen molar-refractivity contribution in [3.05, 3.63) is 0 Å². The van der Waals surface area contributed by atoms with Crippen molar-refractivity contribution in [1.82, 2.24) is 0 Å². The molecule has 0 amide bonds. The van der Waals surface area contributed by atoms with Gasteiger partial charge >= 0.3 is 0 Å². The van der Waals surface area contributed by atoms with Crippen LogP contribution >= 0.6 is 0 Å². The Labute approximate surface area is 60.4 Å². The maximum Gasteiger partial charge on any atom is 0.112 e. The third-order valence-electron chi connectivity index (χ3n) is 1.63. The van der Waals surface area contributed by atoms with Crippen LogP contribution in [-0.4, -0.2) is 48.9 Å². The van der Waals surface area contributed by atoms with Crippen LogP contribution in [0.5, 0.6) is 0 Å². The standard InChI is InChI=1S/C5H10BNO3/c6-5-4(9)3(8)2(1-7)10-5/h2-5,8-9H,1,7H2/t2-,3?,4+,5-/m1/s1. The van der Waals surface area contributed by atoms with E-state index in [1.165, 1.54) is 0 Å². The van der Waals surface area contributed by atoms with Crippen LogP contribution < -0.4 is 5.73 Å². The average molecular weight is 143 g/mol. The SMILES string of the molecule is [B][C@@H]1O[C@H](CN)C(O)[C@@H]1O. The van der Waals surface area contributed by atoms with Crippen LogP contribution in [0.15, 0.2) is 0 Å². The van der Waals surface area contributed by atoms with Gasteiger partial charge < -0.3 is 20.7 Å². The maximum absolute atomic E-state index is 9.09. The number of hydrogen-bond donors (Lipinski definition) is 3. The summed E-state index contributed by atoms with van der Waals surface area (Å²) >= 11 is 0. The highest BCUT2D eigenvalue weighted by Gasteiger charge is 2.38. The molecule has 4 nitrogen and oxygen atoms in total. The zero-order chi connectivity index (χ0) is 7.72. The molecule has 1 saturated heterocycles. The largest absolute Gasteiger partial charge is 0.388 e. The lowest BCUT2D eigenvalue weighted by Crippen LogP contribution is -2.35. The predicted octanol–water partition coefficient (Wildman–Crippen LogP) is -2.44. The molecule has 0 saturated carbocycles. The Balaban J connectivity index is 2.53. The second-order valence-corrected chi connectivity index (χ2v) is 2.36. The molecule has 0 spiro atoms. The monoisotopic (exact) mass is 143 g/mol. The number of aliphatic hydroxyl groups is 2. The molecule has 1 unspecified atom stereocenters. The summed E-state index contributed by atoms with van der Waals surface area (Å²) in [5.41, 5.74) is 5.20. The van der Waals surface area contributed by atoms with E-state index in [1.54, 1.807) is 0 Å². The molecule has 0 aromatic carbocycles. The Bertz CT molecular complexity index is 123. The first-order valence-electron chi connectivity index (χ1n) is 3.14. The van der Waals surface area contributed by atoms with Gasteiger partial charge in [-0.1, -0.05) is 0 Å². The van der Waals surface area contributed by atoms with Crippen LogP contribution in [0, 0.1) is 0 Å².